The summed E-state index contributed by atoms with van der Waals surface area (Å²) in [5.41, 5.74) is 5.52. The minimum Gasteiger partial charge on any atom is -0.478 e. The van der Waals surface area contributed by atoms with Crippen molar-refractivity contribution in [2.24, 2.45) is 45.3 Å². The van der Waals surface area contributed by atoms with Crippen LogP contribution in [0, 0.1) is 96.7 Å². The van der Waals surface area contributed by atoms with E-state index in [9.17, 15) is 9.90 Å². The lowest BCUT2D eigenvalue weighted by molar-refractivity contribution is -0.213. The first-order valence-electron chi connectivity index (χ1n) is 19.5. The first-order chi connectivity index (χ1) is 25.8. The van der Waals surface area contributed by atoms with E-state index in [2.05, 4.69) is 116 Å². The molecule has 4 nitrogen and oxygen atoms in total. The lowest BCUT2D eigenvalue weighted by atomic mass is 9.33. The molecule has 0 amide bonds. The summed E-state index contributed by atoms with van der Waals surface area (Å²) >= 11 is 1.82. The van der Waals surface area contributed by atoms with Crippen LogP contribution in [0.25, 0.3) is 5.57 Å². The Kier molecular flexibility index (Phi) is 16.1. The molecule has 290 valence electrons. The van der Waals surface area contributed by atoms with Crippen LogP contribution in [-0.4, -0.2) is 21.6 Å². The summed E-state index contributed by atoms with van der Waals surface area (Å²) in [5.74, 6) is 2.06. The number of carboxylic acids is 1. The zero-order chi connectivity index (χ0) is 41.1. The van der Waals surface area contributed by atoms with Crippen LogP contribution in [0.1, 0.15) is 134 Å². The Labute approximate surface area is 333 Å². The van der Waals surface area contributed by atoms with Crippen molar-refractivity contribution in [2.45, 2.75) is 125 Å². The number of hydrogen-bond donors (Lipinski definition) is 2. The van der Waals surface area contributed by atoms with Gasteiger partial charge in [-0.3, -0.25) is 0 Å². The number of aromatic nitrogens is 1. The molecule has 0 saturated heterocycles. The van der Waals surface area contributed by atoms with E-state index in [4.69, 9.17) is 4.98 Å². The molecule has 5 heteroatoms. The minimum absolute atomic E-state index is 0.0545. The number of carboxylic acid groups (broad SMARTS) is 1. The molecule has 0 spiro atoms. The van der Waals surface area contributed by atoms with Gasteiger partial charge in [-0.25, -0.2) is 9.78 Å². The van der Waals surface area contributed by atoms with E-state index in [-0.39, 0.29) is 16.4 Å². The minimum atomic E-state index is -0.853. The first-order valence-corrected chi connectivity index (χ1v) is 20.3. The van der Waals surface area contributed by atoms with Crippen LogP contribution in [0.3, 0.4) is 0 Å². The highest BCUT2D eigenvalue weighted by atomic mass is 32.1. The van der Waals surface area contributed by atoms with E-state index < -0.39 is 5.97 Å². The van der Waals surface area contributed by atoms with Gasteiger partial charge in [-0.2, -0.15) is 0 Å². The lowest BCUT2D eigenvalue weighted by Gasteiger charge is -2.72. The van der Waals surface area contributed by atoms with E-state index in [1.54, 1.807) is 18.2 Å². The maximum absolute atomic E-state index is 11.5. The van der Waals surface area contributed by atoms with Gasteiger partial charge in [0.25, 0.3) is 0 Å². The molecule has 0 aliphatic heterocycles. The van der Waals surface area contributed by atoms with Gasteiger partial charge in [0.2, 0.25) is 0 Å². The molecular formula is C49H66N2O2S. The van der Waals surface area contributed by atoms with Crippen molar-refractivity contribution < 1.29 is 9.90 Å². The van der Waals surface area contributed by atoms with Gasteiger partial charge in [0.15, 0.2) is 5.13 Å². The molecule has 0 bridgehead atoms. The largest absolute Gasteiger partial charge is 0.478 e. The number of hydrogen-bond acceptors (Lipinski definition) is 4. The SMILES string of the molecule is C#C.C#C.C#C.C#C.C=CC.CCc1csc(N[C@]23CCCC2[C@H]2CCC4[C@@]5(C)CC=C(c6ccc(C(=O)O)cc6)C(C)(C)C5CC[C@@]4(C)[C@]2(C)CC3)n1. The molecule has 5 aliphatic carbocycles. The van der Waals surface area contributed by atoms with Gasteiger partial charge in [0.05, 0.1) is 11.3 Å². The zero-order valence-electron chi connectivity index (χ0n) is 34.2. The molecule has 1 heterocycles. The van der Waals surface area contributed by atoms with E-state index in [1.807, 2.05) is 30.4 Å². The van der Waals surface area contributed by atoms with E-state index in [0.29, 0.717) is 22.3 Å². The van der Waals surface area contributed by atoms with Gasteiger partial charge in [0.1, 0.15) is 0 Å². The molecule has 1 aromatic heterocycles. The van der Waals surface area contributed by atoms with Gasteiger partial charge in [0, 0.05) is 10.9 Å². The molecule has 7 rings (SSSR count). The third kappa shape index (κ3) is 7.82. The number of aryl methyl sites for hydroxylation is 1. The predicted octanol–water partition coefficient (Wildman–Crippen LogP) is 12.3. The van der Waals surface area contributed by atoms with Crippen LogP contribution in [-0.2, 0) is 6.42 Å². The van der Waals surface area contributed by atoms with Crippen LogP contribution in [0.15, 0.2) is 48.4 Å². The predicted molar refractivity (Wildman–Crippen MR) is 233 cm³/mol. The number of carbonyl (C=O) groups is 1. The normalized spacial score (nSPS) is 33.3. The number of allylic oxidation sites excluding steroid dienone is 3. The number of nitrogens with one attached hydrogen (secondary N) is 1. The molecule has 3 unspecified atom stereocenters. The molecule has 4 saturated carbocycles. The third-order valence-corrected chi connectivity index (χ3v) is 15.5. The molecular weight excluding hydrogens is 681 g/mol. The van der Waals surface area contributed by atoms with Crippen molar-refractivity contribution in [1.82, 2.24) is 4.98 Å². The Balaban J connectivity index is 0.000000838. The van der Waals surface area contributed by atoms with Gasteiger partial charge < -0.3 is 10.4 Å². The average molecular weight is 747 g/mol. The summed E-state index contributed by atoms with van der Waals surface area (Å²) in [5, 5.41) is 16.9. The summed E-state index contributed by atoms with van der Waals surface area (Å²) < 4.78 is 0. The van der Waals surface area contributed by atoms with Crippen molar-refractivity contribution in [2.75, 3.05) is 5.32 Å². The first kappa shape index (κ1) is 46.0. The Morgan fingerprint density at radius 1 is 0.870 bits per heavy atom. The van der Waals surface area contributed by atoms with E-state index in [0.717, 1.165) is 35.7 Å². The lowest BCUT2D eigenvalue weighted by Crippen LogP contribution is -2.66. The molecule has 5 aliphatic rings. The number of thiazole rings is 1. The van der Waals surface area contributed by atoms with Gasteiger partial charge in [-0.1, -0.05) is 72.2 Å². The zero-order valence-corrected chi connectivity index (χ0v) is 35.0. The van der Waals surface area contributed by atoms with Crippen LogP contribution in [0.2, 0.25) is 0 Å². The van der Waals surface area contributed by atoms with Gasteiger partial charge >= 0.3 is 5.97 Å². The summed E-state index contributed by atoms with van der Waals surface area (Å²) in [6.07, 6.45) is 50.5. The maximum atomic E-state index is 11.5. The van der Waals surface area contributed by atoms with Crippen LogP contribution in [0.5, 0.6) is 0 Å². The van der Waals surface area contributed by atoms with Crippen LogP contribution < -0.4 is 5.32 Å². The van der Waals surface area contributed by atoms with Gasteiger partial charge in [-0.15, -0.1) is 69.3 Å². The second kappa shape index (κ2) is 18.9. The van der Waals surface area contributed by atoms with Crippen molar-refractivity contribution >= 4 is 28.0 Å². The summed E-state index contributed by atoms with van der Waals surface area (Å²) in [4.78, 5) is 16.5. The van der Waals surface area contributed by atoms with Crippen molar-refractivity contribution in [1.29, 1.82) is 0 Å². The number of fused-ring (bicyclic) bond motifs is 7. The summed E-state index contributed by atoms with van der Waals surface area (Å²) in [6, 6.07) is 7.64. The summed E-state index contributed by atoms with van der Waals surface area (Å²) in [6.45, 7) is 20.5. The number of anilines is 1. The molecule has 8 atom stereocenters. The molecule has 4 fully saturated rings. The van der Waals surface area contributed by atoms with Gasteiger partial charge in [-0.05, 0) is 140 Å². The van der Waals surface area contributed by atoms with E-state index in [1.165, 1.54) is 74.6 Å². The third-order valence-electron chi connectivity index (χ3n) is 14.7. The Morgan fingerprint density at radius 3 is 2.04 bits per heavy atom. The molecule has 1 aromatic carbocycles. The van der Waals surface area contributed by atoms with E-state index >= 15 is 0 Å². The Hall–Kier alpha value is -4.16. The number of terminal acetylenes is 4. The van der Waals surface area contributed by atoms with Crippen LogP contribution in [0.4, 0.5) is 5.13 Å². The fraction of sp³-hybridized carbons (Fsp3) is 0.551. The number of aromatic carboxylic acids is 1. The fourth-order valence-corrected chi connectivity index (χ4v) is 13.3. The number of nitrogens with zero attached hydrogens (tertiary/aromatic N) is 1. The van der Waals surface area contributed by atoms with Crippen molar-refractivity contribution in [3.63, 3.8) is 0 Å². The standard InChI is InChI=1S/C38H52N2O2S.C3H6.4C2H2/c1-7-26-23-43-33(39-26)40-38-18-8-9-29(38)28-14-15-31-35(4)19-16-27(24-10-12-25(13-11-24)32(41)42)34(2,3)30(35)17-20-37(31,6)36(28,5)21-22-38;1-3-2;4*1-2/h10-13,16,23,28-31H,7-9,14-15,17-22H2,1-6H3,(H,39,40)(H,41,42);3H,1H2,2H3;4*1-2H/t28-,29?,30?,31?,35+,36-,37-,38+;;;;;/m1...../s1. The number of rotatable bonds is 5. The number of benzene rings is 1. The molecule has 2 N–H and O–H groups in total. The highest BCUT2D eigenvalue weighted by Crippen LogP contribution is 2.76. The van der Waals surface area contributed by atoms with Crippen molar-refractivity contribution in [3.8, 4) is 51.4 Å². The highest BCUT2D eigenvalue weighted by Gasteiger charge is 2.69. The molecule has 54 heavy (non-hydrogen) atoms. The monoisotopic (exact) mass is 746 g/mol. The molecule has 0 radical (unpaired) electrons. The van der Waals surface area contributed by atoms with Crippen LogP contribution >= 0.6 is 11.3 Å². The quantitative estimate of drug-likeness (QED) is 0.236. The fourth-order valence-electron chi connectivity index (χ4n) is 12.4. The second-order valence-electron chi connectivity index (χ2n) is 16.8. The smallest absolute Gasteiger partial charge is 0.335 e. The summed E-state index contributed by atoms with van der Waals surface area (Å²) in [7, 11) is 0. The second-order valence-corrected chi connectivity index (χ2v) is 17.6. The maximum Gasteiger partial charge on any atom is 0.335 e. The van der Waals surface area contributed by atoms with Crippen molar-refractivity contribution in [3.05, 3.63) is 65.2 Å². The Morgan fingerprint density at radius 2 is 1.48 bits per heavy atom. The molecule has 2 aromatic rings. The highest BCUT2D eigenvalue weighted by molar-refractivity contribution is 7.13. The topological polar surface area (TPSA) is 62.2 Å². The Bertz CT molecular complexity index is 1650. The average Bonchev–Trinajstić information content (AvgIpc) is 3.82.